The minimum Gasteiger partial charge on any atom is -0.497 e. The molecular formula is C13H15N3O2S. The van der Waals surface area contributed by atoms with Gasteiger partial charge >= 0.3 is 0 Å². The van der Waals surface area contributed by atoms with Gasteiger partial charge in [0.25, 0.3) is 0 Å². The molecule has 1 N–H and O–H groups in total. The number of hydrogen-bond acceptors (Lipinski definition) is 4. The summed E-state index contributed by atoms with van der Waals surface area (Å²) < 4.78 is 12.1. The first-order chi connectivity index (χ1) is 9.13. The highest BCUT2D eigenvalue weighted by Crippen LogP contribution is 2.28. The Balaban J connectivity index is 2.24. The van der Waals surface area contributed by atoms with Crippen LogP contribution in [0.3, 0.4) is 0 Å². The van der Waals surface area contributed by atoms with Gasteiger partial charge in [-0.3, -0.25) is 0 Å². The Kier molecular flexibility index (Phi) is 4.01. The van der Waals surface area contributed by atoms with Crippen LogP contribution >= 0.6 is 12.2 Å². The smallest absolute Gasteiger partial charge is 0.198 e. The molecule has 0 radical (unpaired) electrons. The normalized spacial score (nSPS) is 10.1. The Labute approximate surface area is 117 Å². The van der Waals surface area contributed by atoms with Gasteiger partial charge in [-0.25, -0.2) is 4.68 Å². The zero-order valence-electron chi connectivity index (χ0n) is 11.0. The van der Waals surface area contributed by atoms with Gasteiger partial charge in [0.15, 0.2) is 5.11 Å². The third-order valence-corrected chi connectivity index (χ3v) is 2.86. The molecule has 0 unspecified atom stereocenters. The van der Waals surface area contributed by atoms with Crippen LogP contribution in [0.2, 0.25) is 0 Å². The maximum Gasteiger partial charge on any atom is 0.198 e. The fourth-order valence-electron chi connectivity index (χ4n) is 1.61. The Morgan fingerprint density at radius 2 is 2.11 bits per heavy atom. The van der Waals surface area contributed by atoms with Crippen LogP contribution < -0.4 is 14.8 Å². The van der Waals surface area contributed by atoms with Gasteiger partial charge in [-0.2, -0.15) is 5.10 Å². The van der Waals surface area contributed by atoms with E-state index in [1.165, 1.54) is 0 Å². The number of rotatable bonds is 3. The third-order valence-electron chi connectivity index (χ3n) is 2.57. The average molecular weight is 277 g/mol. The van der Waals surface area contributed by atoms with E-state index in [0.717, 1.165) is 17.0 Å². The highest BCUT2D eigenvalue weighted by atomic mass is 32.1. The van der Waals surface area contributed by atoms with E-state index in [9.17, 15) is 0 Å². The second-order valence-corrected chi connectivity index (χ2v) is 4.35. The lowest BCUT2D eigenvalue weighted by atomic mass is 10.2. The molecule has 0 aliphatic carbocycles. The van der Waals surface area contributed by atoms with Crippen molar-refractivity contribution in [3.8, 4) is 11.5 Å². The molecular weight excluding hydrogens is 262 g/mol. The number of hydrogen-bond donors (Lipinski definition) is 1. The first kappa shape index (κ1) is 13.4. The predicted molar refractivity (Wildman–Crippen MR) is 78.1 cm³/mol. The van der Waals surface area contributed by atoms with Crippen molar-refractivity contribution in [2.75, 3.05) is 19.5 Å². The van der Waals surface area contributed by atoms with Gasteiger partial charge in [-0.05, 0) is 36.8 Å². The van der Waals surface area contributed by atoms with Gasteiger partial charge < -0.3 is 14.8 Å². The molecule has 0 saturated carbocycles. The number of benzene rings is 1. The topological polar surface area (TPSA) is 48.3 Å². The molecule has 0 amide bonds. The van der Waals surface area contributed by atoms with Gasteiger partial charge in [-0.15, -0.1) is 0 Å². The average Bonchev–Trinajstić information content (AvgIpc) is 2.85. The number of aromatic nitrogens is 2. The molecule has 1 aromatic heterocycles. The van der Waals surface area contributed by atoms with E-state index in [4.69, 9.17) is 21.7 Å². The SMILES string of the molecule is COc1ccc(OC)c(NC(=S)n2cc(C)cn2)c1. The summed E-state index contributed by atoms with van der Waals surface area (Å²) in [5.74, 6) is 1.41. The molecule has 1 aromatic carbocycles. The monoisotopic (exact) mass is 277 g/mol. The van der Waals surface area contributed by atoms with Crippen LogP contribution in [-0.4, -0.2) is 29.1 Å². The minimum atomic E-state index is 0.472. The molecule has 0 bridgehead atoms. The molecule has 19 heavy (non-hydrogen) atoms. The zero-order valence-corrected chi connectivity index (χ0v) is 11.8. The molecule has 0 saturated heterocycles. The number of nitrogens with zero attached hydrogens (tertiary/aromatic N) is 2. The summed E-state index contributed by atoms with van der Waals surface area (Å²) in [6, 6.07) is 5.46. The molecule has 5 nitrogen and oxygen atoms in total. The number of thiocarbonyl (C=S) groups is 1. The van der Waals surface area contributed by atoms with Gasteiger partial charge in [0.05, 0.1) is 26.1 Å². The lowest BCUT2D eigenvalue weighted by Gasteiger charge is -2.13. The van der Waals surface area contributed by atoms with Crippen molar-refractivity contribution < 1.29 is 9.47 Å². The first-order valence-corrected chi connectivity index (χ1v) is 6.09. The number of aryl methyl sites for hydroxylation is 1. The van der Waals surface area contributed by atoms with Crippen molar-refractivity contribution in [3.63, 3.8) is 0 Å². The van der Waals surface area contributed by atoms with Crippen molar-refractivity contribution in [1.82, 2.24) is 9.78 Å². The van der Waals surface area contributed by atoms with Crippen LogP contribution in [0, 0.1) is 6.92 Å². The van der Waals surface area contributed by atoms with Crippen molar-refractivity contribution in [1.29, 1.82) is 0 Å². The van der Waals surface area contributed by atoms with Gasteiger partial charge in [-0.1, -0.05) is 0 Å². The molecule has 2 rings (SSSR count). The fraction of sp³-hybridized carbons (Fsp3) is 0.231. The van der Waals surface area contributed by atoms with E-state index in [1.807, 2.05) is 31.3 Å². The summed E-state index contributed by atoms with van der Waals surface area (Å²) in [5, 5.41) is 7.72. The molecule has 0 fully saturated rings. The second kappa shape index (κ2) is 5.71. The van der Waals surface area contributed by atoms with Crippen molar-refractivity contribution >= 4 is 23.0 Å². The highest BCUT2D eigenvalue weighted by molar-refractivity contribution is 7.80. The van der Waals surface area contributed by atoms with Crippen LogP contribution in [0.25, 0.3) is 0 Å². The van der Waals surface area contributed by atoms with Crippen LogP contribution in [-0.2, 0) is 0 Å². The maximum absolute atomic E-state index is 5.30. The molecule has 0 aliphatic heterocycles. The van der Waals surface area contributed by atoms with Crippen molar-refractivity contribution in [3.05, 3.63) is 36.2 Å². The maximum atomic E-state index is 5.30. The lowest BCUT2D eigenvalue weighted by Crippen LogP contribution is -2.19. The van der Waals surface area contributed by atoms with E-state index < -0.39 is 0 Å². The van der Waals surface area contributed by atoms with E-state index in [-0.39, 0.29) is 0 Å². The quantitative estimate of drug-likeness (QED) is 0.873. The number of anilines is 1. The Morgan fingerprint density at radius 3 is 2.68 bits per heavy atom. The minimum absolute atomic E-state index is 0.472. The third kappa shape index (κ3) is 3.03. The standard InChI is InChI=1S/C13H15N3O2S/c1-9-7-14-16(8-9)13(19)15-11-6-10(17-2)4-5-12(11)18-3/h4-8H,1-3H3,(H,15,19). The molecule has 100 valence electrons. The number of methoxy groups -OCH3 is 2. The molecule has 6 heteroatoms. The molecule has 0 aliphatic rings. The van der Waals surface area contributed by atoms with Crippen molar-refractivity contribution in [2.45, 2.75) is 6.92 Å². The lowest BCUT2D eigenvalue weighted by molar-refractivity contribution is 0.405. The largest absolute Gasteiger partial charge is 0.497 e. The Bertz CT molecular complexity index is 595. The molecule has 0 spiro atoms. The summed E-state index contributed by atoms with van der Waals surface area (Å²) >= 11 is 5.30. The van der Waals surface area contributed by atoms with E-state index in [1.54, 1.807) is 25.1 Å². The first-order valence-electron chi connectivity index (χ1n) is 5.68. The van der Waals surface area contributed by atoms with E-state index in [0.29, 0.717) is 10.9 Å². The summed E-state index contributed by atoms with van der Waals surface area (Å²) in [5.41, 5.74) is 1.78. The summed E-state index contributed by atoms with van der Waals surface area (Å²) in [7, 11) is 3.22. The summed E-state index contributed by atoms with van der Waals surface area (Å²) in [4.78, 5) is 0. The van der Waals surface area contributed by atoms with Gasteiger partial charge in [0, 0.05) is 12.3 Å². The Morgan fingerprint density at radius 1 is 1.32 bits per heavy atom. The predicted octanol–water partition coefficient (Wildman–Crippen LogP) is 2.45. The van der Waals surface area contributed by atoms with Crippen LogP contribution in [0.1, 0.15) is 5.56 Å². The van der Waals surface area contributed by atoms with E-state index >= 15 is 0 Å². The number of ether oxygens (including phenoxy) is 2. The second-order valence-electron chi connectivity index (χ2n) is 3.96. The van der Waals surface area contributed by atoms with Crippen LogP contribution in [0.4, 0.5) is 5.69 Å². The Hall–Kier alpha value is -2.08. The fourth-order valence-corrected chi connectivity index (χ4v) is 1.82. The van der Waals surface area contributed by atoms with Crippen molar-refractivity contribution in [2.24, 2.45) is 0 Å². The van der Waals surface area contributed by atoms with Gasteiger partial charge in [0.1, 0.15) is 11.5 Å². The summed E-state index contributed by atoms with van der Waals surface area (Å²) in [6.07, 6.45) is 3.60. The zero-order chi connectivity index (χ0) is 13.8. The highest BCUT2D eigenvalue weighted by Gasteiger charge is 2.08. The summed E-state index contributed by atoms with van der Waals surface area (Å²) in [6.45, 7) is 1.96. The van der Waals surface area contributed by atoms with E-state index in [2.05, 4.69) is 10.4 Å². The molecule has 2 aromatic rings. The van der Waals surface area contributed by atoms with Crippen LogP contribution in [0.5, 0.6) is 11.5 Å². The van der Waals surface area contributed by atoms with Crippen LogP contribution in [0.15, 0.2) is 30.6 Å². The number of nitrogens with one attached hydrogen (secondary N) is 1. The molecule has 1 heterocycles. The van der Waals surface area contributed by atoms with Gasteiger partial charge in [0.2, 0.25) is 0 Å². The molecule has 0 atom stereocenters.